The highest BCUT2D eigenvalue weighted by molar-refractivity contribution is 7.99. The van der Waals surface area contributed by atoms with E-state index in [9.17, 15) is 9.59 Å². The summed E-state index contributed by atoms with van der Waals surface area (Å²) in [6, 6.07) is 5.42. The number of methoxy groups -OCH3 is 1. The summed E-state index contributed by atoms with van der Waals surface area (Å²) in [5, 5.41) is 2.82. The summed E-state index contributed by atoms with van der Waals surface area (Å²) >= 11 is 1.87. The van der Waals surface area contributed by atoms with Gasteiger partial charge in [-0.2, -0.15) is 11.8 Å². The molecular weight excluding hydrogens is 300 g/mol. The van der Waals surface area contributed by atoms with Gasteiger partial charge in [0, 0.05) is 43.0 Å². The largest absolute Gasteiger partial charge is 0.372 e. The summed E-state index contributed by atoms with van der Waals surface area (Å²) in [6.45, 7) is 5.14. The SMILES string of the molecule is CO[C@H](C)C(=O)Nc1cc(C(=O)N2CCSCC2)ccc1C. The highest BCUT2D eigenvalue weighted by atomic mass is 32.2. The molecule has 1 aromatic carbocycles. The minimum atomic E-state index is -0.530. The van der Waals surface area contributed by atoms with Gasteiger partial charge >= 0.3 is 0 Å². The van der Waals surface area contributed by atoms with Gasteiger partial charge in [-0.05, 0) is 31.5 Å². The molecule has 2 amide bonds. The van der Waals surface area contributed by atoms with Crippen LogP contribution < -0.4 is 5.32 Å². The zero-order chi connectivity index (χ0) is 16.1. The molecule has 120 valence electrons. The first-order valence-electron chi connectivity index (χ1n) is 7.34. The highest BCUT2D eigenvalue weighted by Crippen LogP contribution is 2.20. The van der Waals surface area contributed by atoms with Crippen LogP contribution in [0.4, 0.5) is 5.69 Å². The minimum Gasteiger partial charge on any atom is -0.372 e. The van der Waals surface area contributed by atoms with E-state index in [1.807, 2.05) is 35.7 Å². The number of hydrogen-bond donors (Lipinski definition) is 1. The van der Waals surface area contributed by atoms with Crippen molar-refractivity contribution < 1.29 is 14.3 Å². The van der Waals surface area contributed by atoms with Crippen molar-refractivity contribution in [1.82, 2.24) is 4.90 Å². The summed E-state index contributed by atoms with van der Waals surface area (Å²) in [6.07, 6.45) is -0.530. The number of aryl methyl sites for hydroxylation is 1. The molecule has 0 aliphatic carbocycles. The van der Waals surface area contributed by atoms with Crippen LogP contribution in [0.25, 0.3) is 0 Å². The summed E-state index contributed by atoms with van der Waals surface area (Å²) in [5.74, 6) is 1.76. The summed E-state index contributed by atoms with van der Waals surface area (Å²) in [4.78, 5) is 26.3. The zero-order valence-electron chi connectivity index (χ0n) is 13.2. The van der Waals surface area contributed by atoms with Gasteiger partial charge in [-0.15, -0.1) is 0 Å². The number of rotatable bonds is 4. The van der Waals surface area contributed by atoms with Gasteiger partial charge in [-0.1, -0.05) is 6.07 Å². The Bertz CT molecular complexity index is 556. The first-order chi connectivity index (χ1) is 10.5. The molecule has 1 heterocycles. The Balaban J connectivity index is 2.15. The van der Waals surface area contributed by atoms with Crippen molar-refractivity contribution in [3.05, 3.63) is 29.3 Å². The second-order valence-corrected chi connectivity index (χ2v) is 6.53. The van der Waals surface area contributed by atoms with Crippen LogP contribution in [-0.4, -0.2) is 54.5 Å². The molecule has 5 nitrogen and oxygen atoms in total. The number of thioether (sulfide) groups is 1. The topological polar surface area (TPSA) is 58.6 Å². The van der Waals surface area contributed by atoms with Gasteiger partial charge in [-0.3, -0.25) is 9.59 Å². The quantitative estimate of drug-likeness (QED) is 0.923. The van der Waals surface area contributed by atoms with Crippen LogP contribution in [0.15, 0.2) is 18.2 Å². The second kappa shape index (κ2) is 7.65. The maximum absolute atomic E-state index is 12.5. The van der Waals surface area contributed by atoms with Crippen molar-refractivity contribution in [2.24, 2.45) is 0 Å². The summed E-state index contributed by atoms with van der Waals surface area (Å²) < 4.78 is 5.01. The monoisotopic (exact) mass is 322 g/mol. The van der Waals surface area contributed by atoms with Crippen molar-refractivity contribution in [3.8, 4) is 0 Å². The number of carbonyl (C=O) groups excluding carboxylic acids is 2. The lowest BCUT2D eigenvalue weighted by Gasteiger charge is -2.26. The maximum atomic E-state index is 12.5. The molecule has 1 saturated heterocycles. The Morgan fingerprint density at radius 3 is 2.64 bits per heavy atom. The van der Waals surface area contributed by atoms with Crippen molar-refractivity contribution >= 4 is 29.3 Å². The van der Waals surface area contributed by atoms with Gasteiger partial charge in [0.15, 0.2) is 0 Å². The summed E-state index contributed by atoms with van der Waals surface area (Å²) in [7, 11) is 1.49. The van der Waals surface area contributed by atoms with Gasteiger partial charge in [0.1, 0.15) is 6.10 Å². The number of ether oxygens (including phenoxy) is 1. The van der Waals surface area contributed by atoms with Gasteiger partial charge in [0.05, 0.1) is 0 Å². The molecule has 0 saturated carbocycles. The van der Waals surface area contributed by atoms with E-state index in [0.717, 1.165) is 30.2 Å². The van der Waals surface area contributed by atoms with E-state index in [0.29, 0.717) is 11.3 Å². The number of nitrogens with zero attached hydrogens (tertiary/aromatic N) is 1. The first-order valence-corrected chi connectivity index (χ1v) is 8.49. The number of carbonyl (C=O) groups is 2. The second-order valence-electron chi connectivity index (χ2n) is 5.30. The van der Waals surface area contributed by atoms with E-state index >= 15 is 0 Å². The van der Waals surface area contributed by atoms with Crippen LogP contribution in [0, 0.1) is 6.92 Å². The number of anilines is 1. The Morgan fingerprint density at radius 2 is 2.00 bits per heavy atom. The van der Waals surface area contributed by atoms with Gasteiger partial charge in [-0.25, -0.2) is 0 Å². The Labute approximate surface area is 135 Å². The standard InChI is InChI=1S/C16H22N2O3S/c1-11-4-5-13(16(20)18-6-8-22-9-7-18)10-14(11)17-15(19)12(2)21-3/h4-5,10,12H,6-9H2,1-3H3,(H,17,19)/t12-/m1/s1. The van der Waals surface area contributed by atoms with Crippen LogP contribution in [0.5, 0.6) is 0 Å². The molecule has 0 unspecified atom stereocenters. The Morgan fingerprint density at radius 1 is 1.32 bits per heavy atom. The van der Waals surface area contributed by atoms with Gasteiger partial charge in [0.2, 0.25) is 0 Å². The molecule has 22 heavy (non-hydrogen) atoms. The third kappa shape index (κ3) is 4.01. The lowest BCUT2D eigenvalue weighted by Crippen LogP contribution is -2.38. The molecule has 1 fully saturated rings. The molecular formula is C16H22N2O3S. The normalized spacial score (nSPS) is 16.2. The predicted molar refractivity (Wildman–Crippen MR) is 89.5 cm³/mol. The van der Waals surface area contributed by atoms with E-state index in [1.54, 1.807) is 13.0 Å². The third-order valence-electron chi connectivity index (χ3n) is 3.76. The van der Waals surface area contributed by atoms with Gasteiger partial charge in [0.25, 0.3) is 11.8 Å². The van der Waals surface area contributed by atoms with Crippen LogP contribution in [0.2, 0.25) is 0 Å². The van der Waals surface area contributed by atoms with Crippen molar-refractivity contribution in [3.63, 3.8) is 0 Å². The lowest BCUT2D eigenvalue weighted by molar-refractivity contribution is -0.124. The molecule has 1 aromatic rings. The highest BCUT2D eigenvalue weighted by Gasteiger charge is 2.20. The van der Waals surface area contributed by atoms with Crippen LogP contribution in [-0.2, 0) is 9.53 Å². The molecule has 0 radical (unpaired) electrons. The number of amides is 2. The predicted octanol–water partition coefficient (Wildman–Crippen LogP) is 2.16. The summed E-state index contributed by atoms with van der Waals surface area (Å²) in [5.41, 5.74) is 2.19. The van der Waals surface area contributed by atoms with E-state index in [-0.39, 0.29) is 11.8 Å². The minimum absolute atomic E-state index is 0.0237. The van der Waals surface area contributed by atoms with E-state index in [2.05, 4.69) is 5.32 Å². The van der Waals surface area contributed by atoms with Crippen LogP contribution in [0.1, 0.15) is 22.8 Å². The van der Waals surface area contributed by atoms with Crippen molar-refractivity contribution in [2.75, 3.05) is 37.0 Å². The fraction of sp³-hybridized carbons (Fsp3) is 0.500. The molecule has 0 aromatic heterocycles. The number of hydrogen-bond acceptors (Lipinski definition) is 4. The maximum Gasteiger partial charge on any atom is 0.253 e. The smallest absolute Gasteiger partial charge is 0.253 e. The Kier molecular flexibility index (Phi) is 5.85. The molecule has 1 atom stereocenters. The molecule has 1 aliphatic heterocycles. The number of benzene rings is 1. The van der Waals surface area contributed by atoms with E-state index in [1.165, 1.54) is 7.11 Å². The van der Waals surface area contributed by atoms with Crippen LogP contribution in [0.3, 0.4) is 0 Å². The van der Waals surface area contributed by atoms with E-state index in [4.69, 9.17) is 4.74 Å². The first kappa shape index (κ1) is 16.8. The fourth-order valence-electron chi connectivity index (χ4n) is 2.18. The molecule has 2 rings (SSSR count). The molecule has 1 aliphatic rings. The average Bonchev–Trinajstić information content (AvgIpc) is 2.56. The van der Waals surface area contributed by atoms with E-state index < -0.39 is 6.10 Å². The molecule has 0 spiro atoms. The molecule has 0 bridgehead atoms. The molecule has 1 N–H and O–H groups in total. The average molecular weight is 322 g/mol. The lowest BCUT2D eigenvalue weighted by atomic mass is 10.1. The van der Waals surface area contributed by atoms with Crippen molar-refractivity contribution in [1.29, 1.82) is 0 Å². The molecule has 6 heteroatoms. The fourth-order valence-corrected chi connectivity index (χ4v) is 3.08. The number of nitrogens with one attached hydrogen (secondary N) is 1. The van der Waals surface area contributed by atoms with Crippen LogP contribution >= 0.6 is 11.8 Å². The van der Waals surface area contributed by atoms with Gasteiger partial charge < -0.3 is 15.0 Å². The zero-order valence-corrected chi connectivity index (χ0v) is 14.0. The Hall–Kier alpha value is -1.53. The third-order valence-corrected chi connectivity index (χ3v) is 4.71. The van der Waals surface area contributed by atoms with Crippen molar-refractivity contribution in [2.45, 2.75) is 20.0 Å².